The average molecular weight is 165 g/mol. The Balaban J connectivity index is 3.27. The molecule has 0 rings (SSSR count). The van der Waals surface area contributed by atoms with E-state index in [0.29, 0.717) is 6.54 Å². The zero-order valence-electron chi connectivity index (χ0n) is 6.70. The highest BCUT2D eigenvalue weighted by Crippen LogP contribution is 1.98. The van der Waals surface area contributed by atoms with E-state index in [-0.39, 0.29) is 6.10 Å². The summed E-state index contributed by atoms with van der Waals surface area (Å²) in [7, 11) is 3.38. The van der Waals surface area contributed by atoms with Crippen LogP contribution in [0.1, 0.15) is 0 Å². The molecule has 0 aromatic carbocycles. The molecular weight excluding hydrogens is 150 g/mol. The quantitative estimate of drug-likeness (QED) is 0.590. The molecule has 0 aliphatic heterocycles. The van der Waals surface area contributed by atoms with Gasteiger partial charge in [-0.05, 0) is 6.26 Å². The van der Waals surface area contributed by atoms with Crippen molar-refractivity contribution in [3.63, 3.8) is 0 Å². The number of rotatable bonds is 5. The number of likely N-dealkylation sites (N-methyl/N-ethyl adjacent to an activating group) is 1. The second kappa shape index (κ2) is 5.97. The Kier molecular flexibility index (Phi) is 6.11. The maximum Gasteiger partial charge on any atom is 0.0780 e. The van der Waals surface area contributed by atoms with Crippen molar-refractivity contribution in [3.05, 3.63) is 0 Å². The van der Waals surface area contributed by atoms with Gasteiger partial charge >= 0.3 is 0 Å². The summed E-state index contributed by atoms with van der Waals surface area (Å²) in [6.45, 7) is 0.567. The number of aliphatic hydroxyl groups is 1. The van der Waals surface area contributed by atoms with Crippen molar-refractivity contribution in [2.45, 2.75) is 6.10 Å². The lowest BCUT2D eigenvalue weighted by Crippen LogP contribution is -2.29. The van der Waals surface area contributed by atoms with Crippen molar-refractivity contribution < 1.29 is 9.94 Å². The van der Waals surface area contributed by atoms with E-state index in [2.05, 4.69) is 0 Å². The van der Waals surface area contributed by atoms with Crippen LogP contribution in [-0.4, -0.2) is 49.0 Å². The van der Waals surface area contributed by atoms with E-state index < -0.39 is 0 Å². The van der Waals surface area contributed by atoms with Crippen molar-refractivity contribution in [2.75, 3.05) is 32.7 Å². The molecule has 4 heteroatoms. The fraction of sp³-hybridized carbons (Fsp3) is 1.00. The number of aliphatic hydroxyl groups excluding tert-OH is 1. The van der Waals surface area contributed by atoms with Crippen LogP contribution in [0.5, 0.6) is 0 Å². The van der Waals surface area contributed by atoms with Gasteiger partial charge in [-0.1, -0.05) is 0 Å². The van der Waals surface area contributed by atoms with Gasteiger partial charge in [0.1, 0.15) is 0 Å². The summed E-state index contributed by atoms with van der Waals surface area (Å²) in [5.74, 6) is 0.758. The molecule has 0 bridgehead atoms. The molecule has 62 valence electrons. The summed E-state index contributed by atoms with van der Waals surface area (Å²) < 4.78 is 0. The van der Waals surface area contributed by atoms with Crippen LogP contribution in [-0.2, 0) is 4.84 Å². The summed E-state index contributed by atoms with van der Waals surface area (Å²) in [6, 6.07) is 0. The van der Waals surface area contributed by atoms with E-state index in [9.17, 15) is 5.11 Å². The lowest BCUT2D eigenvalue weighted by Gasteiger charge is -2.16. The van der Waals surface area contributed by atoms with Crippen molar-refractivity contribution >= 4 is 11.8 Å². The largest absolute Gasteiger partial charge is 0.391 e. The Hall–Kier alpha value is 0.230. The molecule has 0 aromatic heterocycles. The molecule has 10 heavy (non-hydrogen) atoms. The van der Waals surface area contributed by atoms with Crippen molar-refractivity contribution in [1.82, 2.24) is 5.06 Å². The summed E-state index contributed by atoms with van der Waals surface area (Å²) in [5, 5.41) is 10.8. The van der Waals surface area contributed by atoms with Crippen LogP contribution >= 0.6 is 11.8 Å². The highest BCUT2D eigenvalue weighted by atomic mass is 32.2. The molecule has 0 aliphatic carbocycles. The Bertz CT molecular complexity index is 82.1. The fourth-order valence-electron chi connectivity index (χ4n) is 0.616. The molecule has 3 nitrogen and oxygen atoms in total. The van der Waals surface area contributed by atoms with Gasteiger partial charge in [-0.3, -0.25) is 0 Å². The SMILES string of the molecule is CON(C)CC(O)CSC. The Morgan fingerprint density at radius 2 is 2.30 bits per heavy atom. The smallest absolute Gasteiger partial charge is 0.0780 e. The van der Waals surface area contributed by atoms with Gasteiger partial charge < -0.3 is 9.94 Å². The van der Waals surface area contributed by atoms with Crippen LogP contribution in [0.4, 0.5) is 0 Å². The minimum Gasteiger partial charge on any atom is -0.391 e. The second-order valence-corrected chi connectivity index (χ2v) is 3.01. The standard InChI is InChI=1S/C6H15NO2S/c1-7(9-2)4-6(8)5-10-3/h6,8H,4-5H2,1-3H3. The first kappa shape index (κ1) is 10.2. The van der Waals surface area contributed by atoms with Gasteiger partial charge in [-0.2, -0.15) is 16.8 Å². The molecule has 0 heterocycles. The summed E-state index contributed by atoms with van der Waals surface area (Å²) in [4.78, 5) is 4.83. The molecule has 1 N–H and O–H groups in total. The van der Waals surface area contributed by atoms with Crippen LogP contribution in [0.25, 0.3) is 0 Å². The number of nitrogens with zero attached hydrogens (tertiary/aromatic N) is 1. The molecule has 0 saturated heterocycles. The first-order chi connectivity index (χ1) is 4.70. The minimum absolute atomic E-state index is 0.292. The monoisotopic (exact) mass is 165 g/mol. The summed E-state index contributed by atoms with van der Waals surface area (Å²) >= 11 is 1.63. The topological polar surface area (TPSA) is 32.7 Å². The lowest BCUT2D eigenvalue weighted by atomic mass is 10.4. The number of thioether (sulfide) groups is 1. The Morgan fingerprint density at radius 3 is 2.70 bits per heavy atom. The third kappa shape index (κ3) is 5.05. The van der Waals surface area contributed by atoms with Gasteiger partial charge in [-0.15, -0.1) is 0 Å². The highest BCUT2D eigenvalue weighted by molar-refractivity contribution is 7.98. The molecule has 1 atom stereocenters. The van der Waals surface area contributed by atoms with Crippen molar-refractivity contribution in [3.8, 4) is 0 Å². The molecular formula is C6H15NO2S. The normalized spacial score (nSPS) is 14.1. The van der Waals surface area contributed by atoms with E-state index in [1.807, 2.05) is 6.26 Å². The zero-order chi connectivity index (χ0) is 7.98. The van der Waals surface area contributed by atoms with Crippen LogP contribution in [0.15, 0.2) is 0 Å². The Morgan fingerprint density at radius 1 is 1.70 bits per heavy atom. The molecule has 0 spiro atoms. The third-order valence-corrected chi connectivity index (χ3v) is 1.86. The molecule has 0 radical (unpaired) electrons. The molecule has 0 aromatic rings. The van der Waals surface area contributed by atoms with Gasteiger partial charge in [0.25, 0.3) is 0 Å². The van der Waals surface area contributed by atoms with Gasteiger partial charge in [0, 0.05) is 12.8 Å². The van der Waals surface area contributed by atoms with Crippen molar-refractivity contribution in [1.29, 1.82) is 0 Å². The highest BCUT2D eigenvalue weighted by Gasteiger charge is 2.05. The fourth-order valence-corrected chi connectivity index (χ4v) is 1.11. The second-order valence-electron chi connectivity index (χ2n) is 2.10. The molecule has 0 amide bonds. The predicted molar refractivity (Wildman–Crippen MR) is 44.0 cm³/mol. The molecule has 0 fully saturated rings. The zero-order valence-corrected chi connectivity index (χ0v) is 7.52. The molecule has 1 unspecified atom stereocenters. The van der Waals surface area contributed by atoms with Crippen molar-refractivity contribution in [2.24, 2.45) is 0 Å². The molecule has 0 aliphatic rings. The van der Waals surface area contributed by atoms with E-state index >= 15 is 0 Å². The average Bonchev–Trinajstić information content (AvgIpc) is 1.88. The van der Waals surface area contributed by atoms with Gasteiger partial charge in [-0.25, -0.2) is 0 Å². The first-order valence-corrected chi connectivity index (χ1v) is 4.52. The minimum atomic E-state index is -0.292. The lowest BCUT2D eigenvalue weighted by molar-refractivity contribution is -0.124. The van der Waals surface area contributed by atoms with E-state index in [0.717, 1.165) is 5.75 Å². The van der Waals surface area contributed by atoms with Gasteiger partial charge in [0.05, 0.1) is 19.8 Å². The molecule has 0 saturated carbocycles. The summed E-state index contributed by atoms with van der Waals surface area (Å²) in [5.41, 5.74) is 0. The maximum atomic E-state index is 9.21. The Labute approximate surface area is 66.3 Å². The van der Waals surface area contributed by atoms with Crippen LogP contribution in [0, 0.1) is 0 Å². The van der Waals surface area contributed by atoms with E-state index in [1.54, 1.807) is 31.0 Å². The maximum absolute atomic E-state index is 9.21. The van der Waals surface area contributed by atoms with Gasteiger partial charge in [0.2, 0.25) is 0 Å². The first-order valence-electron chi connectivity index (χ1n) is 3.13. The van der Waals surface area contributed by atoms with Crippen LogP contribution in [0.2, 0.25) is 0 Å². The van der Waals surface area contributed by atoms with E-state index in [4.69, 9.17) is 4.84 Å². The predicted octanol–water partition coefficient (Wildman–Crippen LogP) is 0.204. The van der Waals surface area contributed by atoms with Gasteiger partial charge in [0.15, 0.2) is 0 Å². The number of hydrogen-bond acceptors (Lipinski definition) is 4. The van der Waals surface area contributed by atoms with Crippen LogP contribution < -0.4 is 0 Å². The number of hydrogen-bond donors (Lipinski definition) is 1. The van der Waals surface area contributed by atoms with E-state index in [1.165, 1.54) is 0 Å². The third-order valence-electron chi connectivity index (χ3n) is 1.14. The van der Waals surface area contributed by atoms with Crippen LogP contribution in [0.3, 0.4) is 0 Å². The number of hydroxylamine groups is 2. The summed E-state index contributed by atoms with van der Waals surface area (Å²) in [6.07, 6.45) is 1.68.